The predicted molar refractivity (Wildman–Crippen MR) is 106 cm³/mol. The van der Waals surface area contributed by atoms with E-state index in [1.807, 2.05) is 0 Å². The minimum Gasteiger partial charge on any atom is -0.379 e. The van der Waals surface area contributed by atoms with E-state index in [0.717, 1.165) is 75.2 Å². The van der Waals surface area contributed by atoms with Gasteiger partial charge >= 0.3 is 0 Å². The van der Waals surface area contributed by atoms with Gasteiger partial charge in [0.25, 0.3) is 0 Å². The molecule has 0 spiro atoms. The minimum absolute atomic E-state index is 0. The first-order chi connectivity index (χ1) is 11.3. The number of aliphatic imine (C=N–C) groups is 1. The summed E-state index contributed by atoms with van der Waals surface area (Å²) in [7, 11) is 1.79. The molecule has 7 nitrogen and oxygen atoms in total. The molecule has 2 N–H and O–H groups in total. The van der Waals surface area contributed by atoms with Crippen LogP contribution in [0.1, 0.15) is 30.9 Å². The zero-order valence-corrected chi connectivity index (χ0v) is 17.3. The van der Waals surface area contributed by atoms with Gasteiger partial charge in [0.1, 0.15) is 5.76 Å². The third kappa shape index (κ3) is 6.21. The molecule has 0 unspecified atom stereocenters. The second kappa shape index (κ2) is 11.6. The minimum atomic E-state index is 0. The lowest BCUT2D eigenvalue weighted by Gasteiger charge is -2.26. The Balaban J connectivity index is 0.00000288. The summed E-state index contributed by atoms with van der Waals surface area (Å²) in [6.07, 6.45) is 1.73. The molecule has 0 amide bonds. The number of hydrogen-bond acceptors (Lipinski definition) is 5. The molecule has 0 atom stereocenters. The van der Waals surface area contributed by atoms with Gasteiger partial charge < -0.3 is 19.9 Å². The summed E-state index contributed by atoms with van der Waals surface area (Å²) in [5.41, 5.74) is 2.18. The summed E-state index contributed by atoms with van der Waals surface area (Å²) >= 11 is 0. The standard InChI is InChI=1S/C16H29N5O2.HI/c1-4-14-13(15(5-2)23-20-14)12-19-16(17-3)18-6-7-21-8-10-22-11-9-21;/h4-12H2,1-3H3,(H2,17,18,19);1H. The van der Waals surface area contributed by atoms with Crippen molar-refractivity contribution in [2.24, 2.45) is 4.99 Å². The Morgan fingerprint density at radius 1 is 1.21 bits per heavy atom. The maximum absolute atomic E-state index is 5.39. The molecule has 0 saturated carbocycles. The van der Waals surface area contributed by atoms with Crippen molar-refractivity contribution in [2.75, 3.05) is 46.4 Å². The van der Waals surface area contributed by atoms with Crippen LogP contribution in [0.4, 0.5) is 0 Å². The zero-order valence-electron chi connectivity index (χ0n) is 14.9. The highest BCUT2D eigenvalue weighted by Gasteiger charge is 2.14. The summed E-state index contributed by atoms with van der Waals surface area (Å²) in [4.78, 5) is 6.68. The summed E-state index contributed by atoms with van der Waals surface area (Å²) in [6, 6.07) is 0. The third-order valence-electron chi connectivity index (χ3n) is 4.09. The second-order valence-electron chi connectivity index (χ2n) is 5.54. The zero-order chi connectivity index (χ0) is 16.5. The number of halogens is 1. The van der Waals surface area contributed by atoms with E-state index in [1.54, 1.807) is 7.05 Å². The summed E-state index contributed by atoms with van der Waals surface area (Å²) in [5.74, 6) is 1.77. The quantitative estimate of drug-likeness (QED) is 0.371. The first-order valence-corrected chi connectivity index (χ1v) is 8.49. The number of nitrogens with one attached hydrogen (secondary N) is 2. The fourth-order valence-corrected chi connectivity index (χ4v) is 2.69. The van der Waals surface area contributed by atoms with Crippen LogP contribution in [0.15, 0.2) is 9.52 Å². The number of ether oxygens (including phenoxy) is 1. The van der Waals surface area contributed by atoms with Crippen LogP contribution in [0.3, 0.4) is 0 Å². The molecule has 0 aliphatic carbocycles. The normalized spacial score (nSPS) is 15.9. The SMILES string of the molecule is CCc1noc(CC)c1CNC(=NC)NCCN1CCOCC1.I. The van der Waals surface area contributed by atoms with Crippen LogP contribution >= 0.6 is 24.0 Å². The first-order valence-electron chi connectivity index (χ1n) is 8.49. The molecule has 0 radical (unpaired) electrons. The molecule has 1 aliphatic heterocycles. The van der Waals surface area contributed by atoms with E-state index in [4.69, 9.17) is 9.26 Å². The highest BCUT2D eigenvalue weighted by atomic mass is 127. The van der Waals surface area contributed by atoms with E-state index in [2.05, 4.69) is 39.5 Å². The van der Waals surface area contributed by atoms with Crippen LogP contribution in [0, 0.1) is 0 Å². The maximum Gasteiger partial charge on any atom is 0.191 e. The molecule has 2 rings (SSSR count). The molecule has 0 aromatic carbocycles. The van der Waals surface area contributed by atoms with Crippen molar-refractivity contribution in [3.63, 3.8) is 0 Å². The summed E-state index contributed by atoms with van der Waals surface area (Å²) in [6.45, 7) is 10.4. The van der Waals surface area contributed by atoms with Gasteiger partial charge in [0.15, 0.2) is 5.96 Å². The Bertz CT molecular complexity index is 479. The van der Waals surface area contributed by atoms with E-state index in [0.29, 0.717) is 6.54 Å². The van der Waals surface area contributed by atoms with E-state index in [-0.39, 0.29) is 24.0 Å². The highest BCUT2D eigenvalue weighted by molar-refractivity contribution is 14.0. The second-order valence-corrected chi connectivity index (χ2v) is 5.54. The van der Waals surface area contributed by atoms with Gasteiger partial charge in [-0.3, -0.25) is 9.89 Å². The molecule has 1 aliphatic rings. The number of guanidine groups is 1. The van der Waals surface area contributed by atoms with Gasteiger partial charge in [0.05, 0.1) is 18.9 Å². The number of rotatable bonds is 7. The van der Waals surface area contributed by atoms with Crippen molar-refractivity contribution in [1.29, 1.82) is 0 Å². The van der Waals surface area contributed by atoms with Gasteiger partial charge in [-0.05, 0) is 6.42 Å². The Morgan fingerprint density at radius 3 is 2.58 bits per heavy atom. The van der Waals surface area contributed by atoms with E-state index >= 15 is 0 Å². The van der Waals surface area contributed by atoms with Gasteiger partial charge in [-0.1, -0.05) is 19.0 Å². The molecule has 1 saturated heterocycles. The van der Waals surface area contributed by atoms with Crippen LogP contribution in [0.2, 0.25) is 0 Å². The average Bonchev–Trinajstić information content (AvgIpc) is 3.00. The predicted octanol–water partition coefficient (Wildman–Crippen LogP) is 1.41. The van der Waals surface area contributed by atoms with Crippen molar-refractivity contribution in [2.45, 2.75) is 33.2 Å². The number of aryl methyl sites for hydroxylation is 2. The highest BCUT2D eigenvalue weighted by Crippen LogP contribution is 2.15. The van der Waals surface area contributed by atoms with Crippen LogP contribution in [0.25, 0.3) is 0 Å². The van der Waals surface area contributed by atoms with E-state index in [9.17, 15) is 0 Å². The number of hydrogen-bond donors (Lipinski definition) is 2. The van der Waals surface area contributed by atoms with Crippen LogP contribution in [-0.4, -0.2) is 62.5 Å². The molecular formula is C16H30IN5O2. The average molecular weight is 451 g/mol. The lowest BCUT2D eigenvalue weighted by Crippen LogP contribution is -2.44. The van der Waals surface area contributed by atoms with Crippen molar-refractivity contribution >= 4 is 29.9 Å². The molecular weight excluding hydrogens is 421 g/mol. The third-order valence-corrected chi connectivity index (χ3v) is 4.09. The fourth-order valence-electron chi connectivity index (χ4n) is 2.69. The van der Waals surface area contributed by atoms with Gasteiger partial charge in [0.2, 0.25) is 0 Å². The molecule has 24 heavy (non-hydrogen) atoms. The lowest BCUT2D eigenvalue weighted by atomic mass is 10.1. The van der Waals surface area contributed by atoms with Gasteiger partial charge in [0, 0.05) is 51.8 Å². The monoisotopic (exact) mass is 451 g/mol. The van der Waals surface area contributed by atoms with Gasteiger partial charge in [-0.15, -0.1) is 24.0 Å². The molecule has 2 heterocycles. The maximum atomic E-state index is 5.39. The Morgan fingerprint density at radius 2 is 1.96 bits per heavy atom. The summed E-state index contributed by atoms with van der Waals surface area (Å²) < 4.78 is 10.8. The fraction of sp³-hybridized carbons (Fsp3) is 0.750. The molecule has 8 heteroatoms. The Kier molecular flexibility index (Phi) is 10.3. The van der Waals surface area contributed by atoms with E-state index in [1.165, 1.54) is 0 Å². The topological polar surface area (TPSA) is 74.9 Å². The number of nitrogens with zero attached hydrogens (tertiary/aromatic N) is 3. The first kappa shape index (κ1) is 21.2. The van der Waals surface area contributed by atoms with E-state index < -0.39 is 0 Å². The van der Waals surface area contributed by atoms with Crippen molar-refractivity contribution < 1.29 is 9.26 Å². The van der Waals surface area contributed by atoms with Crippen molar-refractivity contribution in [1.82, 2.24) is 20.7 Å². The largest absolute Gasteiger partial charge is 0.379 e. The molecule has 1 fully saturated rings. The van der Waals surface area contributed by atoms with Crippen LogP contribution in [0.5, 0.6) is 0 Å². The molecule has 1 aromatic heterocycles. The molecule has 0 bridgehead atoms. The Hall–Kier alpha value is -0.870. The van der Waals surface area contributed by atoms with Crippen LogP contribution in [-0.2, 0) is 24.1 Å². The van der Waals surface area contributed by atoms with Crippen LogP contribution < -0.4 is 10.6 Å². The molecule has 138 valence electrons. The molecule has 1 aromatic rings. The Labute approximate surface area is 161 Å². The smallest absolute Gasteiger partial charge is 0.191 e. The number of aromatic nitrogens is 1. The number of morpholine rings is 1. The summed E-state index contributed by atoms with van der Waals surface area (Å²) in [5, 5.41) is 10.9. The van der Waals surface area contributed by atoms with Crippen molar-refractivity contribution in [3.05, 3.63) is 17.0 Å². The van der Waals surface area contributed by atoms with Gasteiger partial charge in [-0.2, -0.15) is 0 Å². The lowest BCUT2D eigenvalue weighted by molar-refractivity contribution is 0.0389. The van der Waals surface area contributed by atoms with Crippen molar-refractivity contribution in [3.8, 4) is 0 Å². The van der Waals surface area contributed by atoms with Gasteiger partial charge in [-0.25, -0.2) is 0 Å².